The summed E-state index contributed by atoms with van der Waals surface area (Å²) in [5.41, 5.74) is 0. The molecule has 7 unspecified atom stereocenters. The van der Waals surface area contributed by atoms with Gasteiger partial charge < -0.3 is 40.3 Å². The van der Waals surface area contributed by atoms with E-state index in [0.29, 0.717) is 12.8 Å². The van der Waals surface area contributed by atoms with Crippen LogP contribution in [0.2, 0.25) is 0 Å². The van der Waals surface area contributed by atoms with Gasteiger partial charge in [-0.1, -0.05) is 71.6 Å². The quantitative estimate of drug-likeness (QED) is 0.162. The summed E-state index contributed by atoms with van der Waals surface area (Å²) in [5, 5.41) is 52.9. The van der Waals surface area contributed by atoms with Gasteiger partial charge in [0.2, 0.25) is 5.91 Å². The van der Waals surface area contributed by atoms with Gasteiger partial charge in [-0.05, 0) is 12.8 Å². The van der Waals surface area contributed by atoms with Crippen molar-refractivity contribution in [2.75, 3.05) is 13.2 Å². The number of aliphatic hydroxyl groups is 5. The van der Waals surface area contributed by atoms with Gasteiger partial charge in [-0.3, -0.25) is 4.79 Å². The minimum atomic E-state index is -1.54. The van der Waals surface area contributed by atoms with E-state index in [9.17, 15) is 30.3 Å². The summed E-state index contributed by atoms with van der Waals surface area (Å²) in [6, 6.07) is -0.702. The van der Waals surface area contributed by atoms with Crippen LogP contribution < -0.4 is 5.32 Å². The largest absolute Gasteiger partial charge is 0.394 e. The van der Waals surface area contributed by atoms with E-state index in [4.69, 9.17) is 9.47 Å². The van der Waals surface area contributed by atoms with E-state index in [1.807, 2.05) is 0 Å². The average Bonchev–Trinajstić information content (AvgIpc) is 2.80. The van der Waals surface area contributed by atoms with Gasteiger partial charge in [0, 0.05) is 6.42 Å². The van der Waals surface area contributed by atoms with E-state index >= 15 is 0 Å². The van der Waals surface area contributed by atoms with Crippen LogP contribution in [-0.4, -0.2) is 87.5 Å². The highest BCUT2D eigenvalue weighted by molar-refractivity contribution is 5.76. The molecule has 7 atom stereocenters. The summed E-state index contributed by atoms with van der Waals surface area (Å²) in [4.78, 5) is 12.5. The summed E-state index contributed by atoms with van der Waals surface area (Å²) >= 11 is 0. The first-order valence-corrected chi connectivity index (χ1v) is 12.7. The smallest absolute Gasteiger partial charge is 0.220 e. The van der Waals surface area contributed by atoms with Gasteiger partial charge in [-0.25, -0.2) is 0 Å². The van der Waals surface area contributed by atoms with Gasteiger partial charge in [-0.15, -0.1) is 0 Å². The molecule has 0 radical (unpaired) electrons. The molecule has 1 aliphatic heterocycles. The van der Waals surface area contributed by atoms with Crippen LogP contribution in [0.4, 0.5) is 0 Å². The van der Waals surface area contributed by atoms with Crippen LogP contribution >= 0.6 is 0 Å². The second-order valence-electron chi connectivity index (χ2n) is 9.14. The Bertz CT molecular complexity index is 507. The van der Waals surface area contributed by atoms with E-state index < -0.39 is 49.5 Å². The number of hydrogen-bond acceptors (Lipinski definition) is 8. The van der Waals surface area contributed by atoms with Crippen LogP contribution in [0.25, 0.3) is 0 Å². The molecule has 1 amide bonds. The van der Waals surface area contributed by atoms with E-state index in [2.05, 4.69) is 19.2 Å². The molecule has 33 heavy (non-hydrogen) atoms. The topological polar surface area (TPSA) is 149 Å². The zero-order chi connectivity index (χ0) is 24.6. The van der Waals surface area contributed by atoms with E-state index in [1.165, 1.54) is 0 Å². The van der Waals surface area contributed by atoms with E-state index in [-0.39, 0.29) is 12.5 Å². The number of aliphatic hydroxyl groups excluding tert-OH is 5. The number of carbonyl (C=O) groups is 1. The molecule has 1 heterocycles. The van der Waals surface area contributed by atoms with Crippen LogP contribution in [0.3, 0.4) is 0 Å². The van der Waals surface area contributed by atoms with Gasteiger partial charge in [0.25, 0.3) is 0 Å². The minimum absolute atomic E-state index is 0.139. The van der Waals surface area contributed by atoms with Gasteiger partial charge >= 0.3 is 0 Å². The van der Waals surface area contributed by atoms with Crippen LogP contribution in [0.1, 0.15) is 90.9 Å². The molecular formula is C24H47NO8. The highest BCUT2D eigenvalue weighted by atomic mass is 16.7. The standard InChI is InChI=1S/C24H47NO8/c1-3-5-7-9-11-13-18(27)17(25-20(28)14-12-10-8-6-4-2)16-32-24-23(31)22(30)21(29)19(15-26)33-24/h17-19,21-24,26-27,29-31H,3-16H2,1-2H3,(H,25,28). The lowest BCUT2D eigenvalue weighted by Crippen LogP contribution is -2.60. The molecule has 1 aliphatic rings. The molecule has 0 aromatic carbocycles. The summed E-state index contributed by atoms with van der Waals surface area (Å²) < 4.78 is 11.0. The number of hydrogen-bond donors (Lipinski definition) is 6. The summed E-state index contributed by atoms with van der Waals surface area (Å²) in [5.74, 6) is -0.168. The normalized spacial score (nSPS) is 27.3. The van der Waals surface area contributed by atoms with Gasteiger partial charge in [0.1, 0.15) is 24.4 Å². The fraction of sp³-hybridized carbons (Fsp3) is 0.958. The van der Waals surface area contributed by atoms with Crippen molar-refractivity contribution in [3.63, 3.8) is 0 Å². The van der Waals surface area contributed by atoms with E-state index in [0.717, 1.165) is 64.2 Å². The van der Waals surface area contributed by atoms with Crippen LogP contribution in [0, 0.1) is 0 Å². The Morgan fingerprint density at radius 1 is 0.909 bits per heavy atom. The number of carbonyl (C=O) groups excluding carboxylic acids is 1. The summed E-state index contributed by atoms with van der Waals surface area (Å²) in [6.45, 7) is 3.58. The second-order valence-corrected chi connectivity index (χ2v) is 9.14. The van der Waals surface area contributed by atoms with Gasteiger partial charge in [0.15, 0.2) is 6.29 Å². The molecule has 1 fully saturated rings. The fourth-order valence-electron chi connectivity index (χ4n) is 3.98. The Labute approximate surface area is 198 Å². The third kappa shape index (κ3) is 11.4. The maximum Gasteiger partial charge on any atom is 0.220 e. The molecule has 0 aliphatic carbocycles. The lowest BCUT2D eigenvalue weighted by atomic mass is 9.99. The van der Waals surface area contributed by atoms with Gasteiger partial charge in [-0.2, -0.15) is 0 Å². The van der Waals surface area contributed by atoms with Crippen molar-refractivity contribution in [2.24, 2.45) is 0 Å². The average molecular weight is 478 g/mol. The first kappa shape index (κ1) is 30.2. The number of amides is 1. The Balaban J connectivity index is 2.63. The number of ether oxygens (including phenoxy) is 2. The van der Waals surface area contributed by atoms with Crippen molar-refractivity contribution < 1.29 is 39.8 Å². The van der Waals surface area contributed by atoms with E-state index in [1.54, 1.807) is 0 Å². The number of nitrogens with one attached hydrogen (secondary N) is 1. The third-order valence-electron chi connectivity index (χ3n) is 6.21. The molecule has 6 N–H and O–H groups in total. The van der Waals surface area contributed by atoms with Crippen molar-refractivity contribution in [2.45, 2.75) is 134 Å². The molecule has 0 saturated carbocycles. The summed E-state index contributed by atoms with van der Waals surface area (Å²) in [7, 11) is 0. The molecule has 0 bridgehead atoms. The molecule has 1 saturated heterocycles. The number of unbranched alkanes of at least 4 members (excludes halogenated alkanes) is 8. The molecule has 0 aromatic heterocycles. The second kappa shape index (κ2) is 17.6. The molecular weight excluding hydrogens is 430 g/mol. The maximum absolute atomic E-state index is 12.5. The minimum Gasteiger partial charge on any atom is -0.394 e. The van der Waals surface area contributed by atoms with Crippen molar-refractivity contribution in [3.05, 3.63) is 0 Å². The zero-order valence-corrected chi connectivity index (χ0v) is 20.4. The Morgan fingerprint density at radius 3 is 2.12 bits per heavy atom. The Hall–Kier alpha value is -0.810. The predicted molar refractivity (Wildman–Crippen MR) is 124 cm³/mol. The lowest BCUT2D eigenvalue weighted by molar-refractivity contribution is -0.302. The maximum atomic E-state index is 12.5. The molecule has 0 spiro atoms. The first-order valence-electron chi connectivity index (χ1n) is 12.7. The lowest BCUT2D eigenvalue weighted by Gasteiger charge is -2.40. The van der Waals surface area contributed by atoms with Crippen molar-refractivity contribution in [1.82, 2.24) is 5.32 Å². The highest BCUT2D eigenvalue weighted by Crippen LogP contribution is 2.22. The van der Waals surface area contributed by atoms with Crippen LogP contribution in [0.5, 0.6) is 0 Å². The monoisotopic (exact) mass is 477 g/mol. The highest BCUT2D eigenvalue weighted by Gasteiger charge is 2.44. The zero-order valence-electron chi connectivity index (χ0n) is 20.4. The molecule has 196 valence electrons. The summed E-state index contributed by atoms with van der Waals surface area (Å²) in [6.07, 6.45) is 3.45. The molecule has 1 rings (SSSR count). The van der Waals surface area contributed by atoms with Crippen LogP contribution in [0.15, 0.2) is 0 Å². The Kier molecular flexibility index (Phi) is 16.1. The van der Waals surface area contributed by atoms with Crippen molar-refractivity contribution >= 4 is 5.91 Å². The first-order chi connectivity index (χ1) is 15.8. The Morgan fingerprint density at radius 2 is 1.52 bits per heavy atom. The molecule has 0 aromatic rings. The predicted octanol–water partition coefficient (Wildman–Crippen LogP) is 1.37. The van der Waals surface area contributed by atoms with Crippen molar-refractivity contribution in [1.29, 1.82) is 0 Å². The molecule has 9 nitrogen and oxygen atoms in total. The van der Waals surface area contributed by atoms with Crippen molar-refractivity contribution in [3.8, 4) is 0 Å². The fourth-order valence-corrected chi connectivity index (χ4v) is 3.98. The number of rotatable bonds is 18. The van der Waals surface area contributed by atoms with Crippen LogP contribution in [-0.2, 0) is 14.3 Å². The SMILES string of the molecule is CCCCCCCC(=O)NC(COC1OC(CO)C(O)C(O)C1O)C(O)CCCCCCC. The molecule has 9 heteroatoms. The van der Waals surface area contributed by atoms with Gasteiger partial charge in [0.05, 0.1) is 25.4 Å². The third-order valence-corrected chi connectivity index (χ3v) is 6.21.